The van der Waals surface area contributed by atoms with Gasteiger partial charge in [0.05, 0.1) is 0 Å². The van der Waals surface area contributed by atoms with Crippen LogP contribution in [0.5, 0.6) is 0 Å². The normalized spacial score (nSPS) is 11.6. The van der Waals surface area contributed by atoms with E-state index in [2.05, 4.69) is 5.32 Å². The lowest BCUT2D eigenvalue weighted by molar-refractivity contribution is 0.484. The standard InChI is InChI=1S/C12H13NO3S/c1-2-13-10-7-3-5-9-6-4-8-11(12(9)10)17(14,15)16/h3-8,13H,2H2,1H3,(H,14,15,16). The Kier molecular flexibility index (Phi) is 3.04. The largest absolute Gasteiger partial charge is 0.385 e. The van der Waals surface area contributed by atoms with Crippen molar-refractivity contribution in [3.05, 3.63) is 36.4 Å². The van der Waals surface area contributed by atoms with Crippen LogP contribution in [0.1, 0.15) is 6.92 Å². The molecule has 2 aromatic carbocycles. The maximum Gasteiger partial charge on any atom is 0.295 e. The summed E-state index contributed by atoms with van der Waals surface area (Å²) in [7, 11) is -4.21. The van der Waals surface area contributed by atoms with Gasteiger partial charge in [-0.2, -0.15) is 8.42 Å². The predicted molar refractivity (Wildman–Crippen MR) is 67.9 cm³/mol. The van der Waals surface area contributed by atoms with Crippen molar-refractivity contribution in [2.24, 2.45) is 0 Å². The first-order valence-corrected chi connectivity index (χ1v) is 6.71. The SMILES string of the molecule is CCNc1cccc2cccc(S(=O)(=O)O)c12. The minimum atomic E-state index is -4.21. The molecule has 0 fully saturated rings. The second kappa shape index (κ2) is 4.35. The lowest BCUT2D eigenvalue weighted by Crippen LogP contribution is -2.03. The first kappa shape index (κ1) is 11.9. The van der Waals surface area contributed by atoms with Crippen LogP contribution in [-0.2, 0) is 10.1 Å². The fourth-order valence-corrected chi connectivity index (χ4v) is 2.60. The Morgan fingerprint density at radius 3 is 2.41 bits per heavy atom. The molecule has 0 spiro atoms. The molecular weight excluding hydrogens is 238 g/mol. The number of benzene rings is 2. The summed E-state index contributed by atoms with van der Waals surface area (Å²) in [5.41, 5.74) is 0.707. The quantitative estimate of drug-likeness (QED) is 0.823. The van der Waals surface area contributed by atoms with Gasteiger partial charge in [0, 0.05) is 17.6 Å². The van der Waals surface area contributed by atoms with Crippen LogP contribution in [0.25, 0.3) is 10.8 Å². The molecule has 2 aromatic rings. The first-order chi connectivity index (χ1) is 8.04. The van der Waals surface area contributed by atoms with E-state index in [-0.39, 0.29) is 4.90 Å². The number of hydrogen-bond donors (Lipinski definition) is 2. The molecule has 90 valence electrons. The fourth-order valence-electron chi connectivity index (χ4n) is 1.86. The lowest BCUT2D eigenvalue weighted by atomic mass is 10.1. The zero-order chi connectivity index (χ0) is 12.5. The average Bonchev–Trinajstić information content (AvgIpc) is 2.28. The molecule has 0 aromatic heterocycles. The maximum absolute atomic E-state index is 11.3. The van der Waals surface area contributed by atoms with E-state index in [4.69, 9.17) is 0 Å². The van der Waals surface area contributed by atoms with E-state index in [0.29, 0.717) is 17.6 Å². The summed E-state index contributed by atoms with van der Waals surface area (Å²) < 4.78 is 31.9. The summed E-state index contributed by atoms with van der Waals surface area (Å²) >= 11 is 0. The van der Waals surface area contributed by atoms with E-state index in [9.17, 15) is 13.0 Å². The molecule has 0 atom stereocenters. The van der Waals surface area contributed by atoms with Gasteiger partial charge in [0.2, 0.25) is 0 Å². The topological polar surface area (TPSA) is 66.4 Å². The minimum absolute atomic E-state index is 0.0634. The predicted octanol–water partition coefficient (Wildman–Crippen LogP) is 2.52. The lowest BCUT2D eigenvalue weighted by Gasteiger charge is -2.10. The molecular formula is C12H13NO3S. The third kappa shape index (κ3) is 2.25. The van der Waals surface area contributed by atoms with Gasteiger partial charge in [-0.05, 0) is 24.4 Å². The summed E-state index contributed by atoms with van der Waals surface area (Å²) in [6, 6.07) is 10.3. The van der Waals surface area contributed by atoms with Crippen molar-refractivity contribution < 1.29 is 13.0 Å². The van der Waals surface area contributed by atoms with E-state index in [1.165, 1.54) is 6.07 Å². The monoisotopic (exact) mass is 251 g/mol. The third-order valence-electron chi connectivity index (χ3n) is 2.51. The van der Waals surface area contributed by atoms with Crippen LogP contribution < -0.4 is 5.32 Å². The highest BCUT2D eigenvalue weighted by Crippen LogP contribution is 2.29. The van der Waals surface area contributed by atoms with Gasteiger partial charge in [0.15, 0.2) is 0 Å². The summed E-state index contributed by atoms with van der Waals surface area (Å²) in [5, 5.41) is 4.39. The van der Waals surface area contributed by atoms with E-state index in [1.54, 1.807) is 12.1 Å². The van der Waals surface area contributed by atoms with Crippen molar-refractivity contribution in [3.63, 3.8) is 0 Å². The number of fused-ring (bicyclic) bond motifs is 1. The zero-order valence-corrected chi connectivity index (χ0v) is 10.2. The van der Waals surface area contributed by atoms with E-state index in [1.807, 2.05) is 25.1 Å². The molecule has 4 nitrogen and oxygen atoms in total. The highest BCUT2D eigenvalue weighted by atomic mass is 32.2. The molecule has 0 saturated carbocycles. The van der Waals surface area contributed by atoms with E-state index < -0.39 is 10.1 Å². The van der Waals surface area contributed by atoms with Crippen molar-refractivity contribution in [3.8, 4) is 0 Å². The Bertz CT molecular complexity index is 645. The van der Waals surface area contributed by atoms with E-state index in [0.717, 1.165) is 5.39 Å². The van der Waals surface area contributed by atoms with Crippen LogP contribution in [0.2, 0.25) is 0 Å². The van der Waals surface area contributed by atoms with Crippen molar-refractivity contribution in [2.45, 2.75) is 11.8 Å². The van der Waals surface area contributed by atoms with Gasteiger partial charge in [-0.3, -0.25) is 4.55 Å². The highest BCUT2D eigenvalue weighted by Gasteiger charge is 2.15. The molecule has 2 N–H and O–H groups in total. The Labute approximate surface area is 100 Å². The van der Waals surface area contributed by atoms with Crippen LogP contribution in [0, 0.1) is 0 Å². The Hall–Kier alpha value is -1.59. The molecule has 0 unspecified atom stereocenters. The number of rotatable bonds is 3. The Balaban J connectivity index is 2.85. The summed E-state index contributed by atoms with van der Waals surface area (Å²) in [6.07, 6.45) is 0. The first-order valence-electron chi connectivity index (χ1n) is 5.27. The molecule has 17 heavy (non-hydrogen) atoms. The summed E-state index contributed by atoms with van der Waals surface area (Å²) in [5.74, 6) is 0. The molecule has 0 saturated heterocycles. The smallest absolute Gasteiger partial charge is 0.295 e. The van der Waals surface area contributed by atoms with Crippen LogP contribution in [-0.4, -0.2) is 19.5 Å². The molecule has 0 radical (unpaired) electrons. The zero-order valence-electron chi connectivity index (χ0n) is 9.34. The van der Waals surface area contributed by atoms with Gasteiger partial charge in [-0.15, -0.1) is 0 Å². The molecule has 0 bridgehead atoms. The van der Waals surface area contributed by atoms with Crippen LogP contribution in [0.15, 0.2) is 41.3 Å². The van der Waals surface area contributed by atoms with E-state index >= 15 is 0 Å². The van der Waals surface area contributed by atoms with Gasteiger partial charge < -0.3 is 5.32 Å². The second-order valence-corrected chi connectivity index (χ2v) is 5.06. The number of hydrogen-bond acceptors (Lipinski definition) is 3. The molecule has 0 aliphatic carbocycles. The van der Waals surface area contributed by atoms with Crippen molar-refractivity contribution in [1.82, 2.24) is 0 Å². The molecule has 5 heteroatoms. The third-order valence-corrected chi connectivity index (χ3v) is 3.41. The highest BCUT2D eigenvalue weighted by molar-refractivity contribution is 7.86. The Morgan fingerprint density at radius 1 is 1.18 bits per heavy atom. The summed E-state index contributed by atoms with van der Waals surface area (Å²) in [4.78, 5) is -0.0634. The van der Waals surface area contributed by atoms with Gasteiger partial charge in [-0.25, -0.2) is 0 Å². The summed E-state index contributed by atoms with van der Waals surface area (Å²) in [6.45, 7) is 2.60. The second-order valence-electron chi connectivity index (χ2n) is 3.67. The van der Waals surface area contributed by atoms with Crippen molar-refractivity contribution in [2.75, 3.05) is 11.9 Å². The van der Waals surface area contributed by atoms with Gasteiger partial charge in [0.25, 0.3) is 10.1 Å². The molecule has 2 rings (SSSR count). The van der Waals surface area contributed by atoms with Gasteiger partial charge in [-0.1, -0.05) is 24.3 Å². The Morgan fingerprint density at radius 2 is 1.82 bits per heavy atom. The van der Waals surface area contributed by atoms with Crippen molar-refractivity contribution in [1.29, 1.82) is 0 Å². The molecule has 0 aliphatic rings. The van der Waals surface area contributed by atoms with Crippen LogP contribution in [0.3, 0.4) is 0 Å². The number of anilines is 1. The minimum Gasteiger partial charge on any atom is -0.385 e. The van der Waals surface area contributed by atoms with Gasteiger partial charge in [0.1, 0.15) is 4.90 Å². The fraction of sp³-hybridized carbons (Fsp3) is 0.167. The van der Waals surface area contributed by atoms with Crippen molar-refractivity contribution >= 4 is 26.6 Å². The average molecular weight is 251 g/mol. The van der Waals surface area contributed by atoms with Gasteiger partial charge >= 0.3 is 0 Å². The molecule has 0 aliphatic heterocycles. The number of nitrogens with one attached hydrogen (secondary N) is 1. The van der Waals surface area contributed by atoms with Crippen LogP contribution in [0.4, 0.5) is 5.69 Å². The maximum atomic E-state index is 11.3. The van der Waals surface area contributed by atoms with Crippen LogP contribution >= 0.6 is 0 Å². The molecule has 0 amide bonds. The molecule has 0 heterocycles.